The van der Waals surface area contributed by atoms with Crippen molar-refractivity contribution in [1.29, 1.82) is 0 Å². The number of nitrogens with zero attached hydrogens (tertiary/aromatic N) is 2. The SMILES string of the molecule is CCc1ccc(NC(=S)Nc2ccn(C)n2)cc1. The highest BCUT2D eigenvalue weighted by atomic mass is 32.1. The average Bonchev–Trinajstić information content (AvgIpc) is 2.75. The molecule has 0 aliphatic rings. The zero-order valence-electron chi connectivity index (χ0n) is 10.5. The van der Waals surface area contributed by atoms with Gasteiger partial charge in [-0.15, -0.1) is 0 Å². The summed E-state index contributed by atoms with van der Waals surface area (Å²) in [6, 6.07) is 10.1. The molecule has 1 aromatic heterocycles. The van der Waals surface area contributed by atoms with Crippen molar-refractivity contribution in [2.24, 2.45) is 7.05 Å². The Hall–Kier alpha value is -1.88. The maximum atomic E-state index is 5.22. The van der Waals surface area contributed by atoms with Gasteiger partial charge < -0.3 is 10.6 Å². The molecule has 4 nitrogen and oxygen atoms in total. The molecule has 1 aromatic carbocycles. The Morgan fingerprint density at radius 3 is 2.50 bits per heavy atom. The number of aryl methyl sites for hydroxylation is 2. The summed E-state index contributed by atoms with van der Waals surface area (Å²) in [5.74, 6) is 0.736. The fourth-order valence-corrected chi connectivity index (χ4v) is 1.81. The fourth-order valence-electron chi connectivity index (χ4n) is 1.58. The predicted octanol–water partition coefficient (Wildman–Crippen LogP) is 2.79. The Morgan fingerprint density at radius 1 is 1.22 bits per heavy atom. The van der Waals surface area contributed by atoms with Gasteiger partial charge in [-0.1, -0.05) is 19.1 Å². The molecule has 0 radical (unpaired) electrons. The Labute approximate surface area is 112 Å². The van der Waals surface area contributed by atoms with E-state index in [0.29, 0.717) is 5.11 Å². The van der Waals surface area contributed by atoms with E-state index in [1.165, 1.54) is 5.56 Å². The monoisotopic (exact) mass is 260 g/mol. The highest BCUT2D eigenvalue weighted by Crippen LogP contribution is 2.10. The van der Waals surface area contributed by atoms with Crippen LogP contribution in [0.3, 0.4) is 0 Å². The van der Waals surface area contributed by atoms with Crippen LogP contribution in [0.15, 0.2) is 36.5 Å². The van der Waals surface area contributed by atoms with E-state index in [0.717, 1.165) is 17.9 Å². The Balaban J connectivity index is 1.94. The molecule has 2 aromatic rings. The largest absolute Gasteiger partial charge is 0.332 e. The summed E-state index contributed by atoms with van der Waals surface area (Å²) in [5, 5.41) is 10.9. The molecule has 0 amide bonds. The predicted molar refractivity (Wildman–Crippen MR) is 78.9 cm³/mol. The van der Waals surface area contributed by atoms with Crippen LogP contribution in [-0.2, 0) is 13.5 Å². The van der Waals surface area contributed by atoms with Crippen LogP contribution in [0.1, 0.15) is 12.5 Å². The number of benzene rings is 1. The lowest BCUT2D eigenvalue weighted by molar-refractivity contribution is 0.772. The molecule has 0 saturated carbocycles. The maximum Gasteiger partial charge on any atom is 0.176 e. The summed E-state index contributed by atoms with van der Waals surface area (Å²) in [6.07, 6.45) is 2.90. The smallest absolute Gasteiger partial charge is 0.176 e. The molecule has 0 aliphatic heterocycles. The minimum absolute atomic E-state index is 0.540. The third-order valence-corrected chi connectivity index (χ3v) is 2.78. The van der Waals surface area contributed by atoms with E-state index in [4.69, 9.17) is 12.2 Å². The standard InChI is InChI=1S/C13H16N4S/c1-3-10-4-6-11(7-5-10)14-13(18)15-12-8-9-17(2)16-12/h4-9H,3H2,1-2H3,(H2,14,15,16,18). The van der Waals surface area contributed by atoms with Crippen LogP contribution < -0.4 is 10.6 Å². The van der Waals surface area contributed by atoms with E-state index in [9.17, 15) is 0 Å². The summed E-state index contributed by atoms with van der Waals surface area (Å²) < 4.78 is 1.72. The van der Waals surface area contributed by atoms with Gasteiger partial charge in [-0.05, 0) is 36.3 Å². The Bertz CT molecular complexity index is 530. The summed E-state index contributed by atoms with van der Waals surface area (Å²) in [6.45, 7) is 2.13. The van der Waals surface area contributed by atoms with Crippen LogP contribution in [0.5, 0.6) is 0 Å². The van der Waals surface area contributed by atoms with E-state index in [1.54, 1.807) is 4.68 Å². The van der Waals surface area contributed by atoms with Crippen molar-refractivity contribution in [3.05, 3.63) is 42.1 Å². The van der Waals surface area contributed by atoms with E-state index < -0.39 is 0 Å². The lowest BCUT2D eigenvalue weighted by atomic mass is 10.1. The van der Waals surface area contributed by atoms with Gasteiger partial charge in [0.2, 0.25) is 0 Å². The van der Waals surface area contributed by atoms with Crippen LogP contribution in [0.2, 0.25) is 0 Å². The molecule has 0 aliphatic carbocycles. The molecule has 0 atom stereocenters. The lowest BCUT2D eigenvalue weighted by Gasteiger charge is -2.08. The first-order valence-electron chi connectivity index (χ1n) is 5.84. The number of aromatic nitrogens is 2. The van der Waals surface area contributed by atoms with Crippen molar-refractivity contribution in [2.75, 3.05) is 10.6 Å². The van der Waals surface area contributed by atoms with E-state index >= 15 is 0 Å². The number of rotatable bonds is 3. The summed E-state index contributed by atoms with van der Waals surface area (Å²) >= 11 is 5.22. The van der Waals surface area contributed by atoms with Crippen molar-refractivity contribution in [3.63, 3.8) is 0 Å². The van der Waals surface area contributed by atoms with Gasteiger partial charge in [-0.3, -0.25) is 4.68 Å². The molecule has 0 fully saturated rings. The summed E-state index contributed by atoms with van der Waals surface area (Å²) in [4.78, 5) is 0. The van der Waals surface area contributed by atoms with Gasteiger partial charge >= 0.3 is 0 Å². The Morgan fingerprint density at radius 2 is 1.94 bits per heavy atom. The van der Waals surface area contributed by atoms with Gasteiger partial charge in [0, 0.05) is 25.0 Å². The quantitative estimate of drug-likeness (QED) is 0.833. The van der Waals surface area contributed by atoms with Gasteiger partial charge in [0.1, 0.15) is 0 Å². The average molecular weight is 260 g/mol. The number of thiocarbonyl (C=S) groups is 1. The molecule has 2 rings (SSSR count). The highest BCUT2D eigenvalue weighted by molar-refractivity contribution is 7.80. The second-order valence-electron chi connectivity index (χ2n) is 4.00. The third-order valence-electron chi connectivity index (χ3n) is 2.58. The molecular weight excluding hydrogens is 244 g/mol. The molecule has 2 N–H and O–H groups in total. The lowest BCUT2D eigenvalue weighted by Crippen LogP contribution is -2.19. The van der Waals surface area contributed by atoms with Crippen molar-refractivity contribution < 1.29 is 0 Å². The molecule has 18 heavy (non-hydrogen) atoms. The first-order chi connectivity index (χ1) is 8.67. The number of hydrogen-bond donors (Lipinski definition) is 2. The normalized spacial score (nSPS) is 10.1. The molecule has 0 bridgehead atoms. The van der Waals surface area contributed by atoms with Gasteiger partial charge in [-0.2, -0.15) is 5.10 Å². The molecule has 5 heteroatoms. The third kappa shape index (κ3) is 3.30. The molecule has 1 heterocycles. The molecule has 94 valence electrons. The van der Waals surface area contributed by atoms with Crippen LogP contribution >= 0.6 is 12.2 Å². The number of anilines is 2. The van der Waals surface area contributed by atoms with Gasteiger partial charge in [0.25, 0.3) is 0 Å². The van der Waals surface area contributed by atoms with Crippen LogP contribution in [0.4, 0.5) is 11.5 Å². The minimum atomic E-state index is 0.540. The second-order valence-corrected chi connectivity index (χ2v) is 4.41. The van der Waals surface area contributed by atoms with Crippen molar-refractivity contribution >= 4 is 28.8 Å². The summed E-state index contributed by atoms with van der Waals surface area (Å²) in [5.41, 5.74) is 2.28. The van der Waals surface area contributed by atoms with Crippen LogP contribution in [-0.4, -0.2) is 14.9 Å². The topological polar surface area (TPSA) is 41.9 Å². The first kappa shape index (κ1) is 12.6. The second kappa shape index (κ2) is 5.64. The van der Waals surface area contributed by atoms with Crippen molar-refractivity contribution in [2.45, 2.75) is 13.3 Å². The fraction of sp³-hybridized carbons (Fsp3) is 0.231. The molecule has 0 saturated heterocycles. The number of hydrogen-bond acceptors (Lipinski definition) is 2. The minimum Gasteiger partial charge on any atom is -0.332 e. The molecular formula is C13H16N4S. The van der Waals surface area contributed by atoms with Gasteiger partial charge in [0.15, 0.2) is 10.9 Å². The van der Waals surface area contributed by atoms with E-state index in [2.05, 4.69) is 34.8 Å². The van der Waals surface area contributed by atoms with E-state index in [1.807, 2.05) is 31.4 Å². The highest BCUT2D eigenvalue weighted by Gasteiger charge is 2.01. The van der Waals surface area contributed by atoms with Crippen molar-refractivity contribution in [3.8, 4) is 0 Å². The van der Waals surface area contributed by atoms with Crippen LogP contribution in [0.25, 0.3) is 0 Å². The van der Waals surface area contributed by atoms with Crippen LogP contribution in [0, 0.1) is 0 Å². The zero-order chi connectivity index (χ0) is 13.0. The zero-order valence-corrected chi connectivity index (χ0v) is 11.3. The van der Waals surface area contributed by atoms with Gasteiger partial charge in [-0.25, -0.2) is 0 Å². The Kier molecular flexibility index (Phi) is 3.94. The first-order valence-corrected chi connectivity index (χ1v) is 6.25. The van der Waals surface area contributed by atoms with Gasteiger partial charge in [0.05, 0.1) is 0 Å². The number of nitrogens with one attached hydrogen (secondary N) is 2. The summed E-state index contributed by atoms with van der Waals surface area (Å²) in [7, 11) is 1.87. The van der Waals surface area contributed by atoms with Crippen molar-refractivity contribution in [1.82, 2.24) is 9.78 Å². The molecule has 0 spiro atoms. The maximum absolute atomic E-state index is 5.22. The molecule has 0 unspecified atom stereocenters. The van der Waals surface area contributed by atoms with E-state index in [-0.39, 0.29) is 0 Å².